The maximum atomic E-state index is 12.5. The number of rotatable bonds is 3. The summed E-state index contributed by atoms with van der Waals surface area (Å²) in [6.45, 7) is 2.08. The Morgan fingerprint density at radius 1 is 1.29 bits per heavy atom. The fraction of sp³-hybridized carbons (Fsp3) is 0.571. The molecule has 1 aliphatic rings. The molecule has 1 heterocycles. The Hall–Kier alpha value is -1.38. The van der Waals surface area contributed by atoms with E-state index in [1.165, 1.54) is 6.42 Å². The lowest BCUT2D eigenvalue weighted by atomic mass is 9.71. The molecule has 1 saturated carbocycles. The van der Waals surface area contributed by atoms with Crippen LogP contribution in [0.1, 0.15) is 49.4 Å². The third-order valence-corrected chi connectivity index (χ3v) is 3.72. The quantitative estimate of drug-likeness (QED) is 0.752. The molecule has 3 nitrogen and oxygen atoms in total. The van der Waals surface area contributed by atoms with Crippen molar-refractivity contribution < 1.29 is 9.53 Å². The van der Waals surface area contributed by atoms with Crippen molar-refractivity contribution in [3.05, 3.63) is 24.0 Å². The number of carbonyl (C=O) groups excluding carboxylic acids is 1. The Kier molecular flexibility index (Phi) is 3.46. The van der Waals surface area contributed by atoms with Crippen LogP contribution >= 0.6 is 0 Å². The Labute approximate surface area is 102 Å². The van der Waals surface area contributed by atoms with Crippen LogP contribution in [-0.2, 0) is 0 Å². The highest BCUT2D eigenvalue weighted by molar-refractivity contribution is 6.00. The number of Topliss-reactive ketones (excluding diaryl/α,β-unsaturated/α-hetero) is 1. The van der Waals surface area contributed by atoms with E-state index in [1.807, 2.05) is 0 Å². The van der Waals surface area contributed by atoms with Crippen molar-refractivity contribution in [2.24, 2.45) is 5.41 Å². The molecule has 1 aromatic heterocycles. The maximum absolute atomic E-state index is 12.5. The van der Waals surface area contributed by atoms with Crippen molar-refractivity contribution in [3.63, 3.8) is 0 Å². The summed E-state index contributed by atoms with van der Waals surface area (Å²) in [5, 5.41) is 0. The van der Waals surface area contributed by atoms with Gasteiger partial charge in [0.05, 0.1) is 13.3 Å². The van der Waals surface area contributed by atoms with Crippen molar-refractivity contribution in [2.45, 2.75) is 39.0 Å². The van der Waals surface area contributed by atoms with E-state index >= 15 is 0 Å². The minimum absolute atomic E-state index is 0.202. The smallest absolute Gasteiger partial charge is 0.170 e. The standard InChI is InChI=1S/C14H19NO2/c1-14(6-4-3-5-7-14)13(16)11-8-12(17-2)10-15-9-11/h8-10H,3-7H2,1-2H3. The Balaban J connectivity index is 2.23. The molecule has 1 aliphatic carbocycles. The molecule has 0 unspecified atom stereocenters. The summed E-state index contributed by atoms with van der Waals surface area (Å²) in [6, 6.07) is 1.79. The number of ether oxygens (including phenoxy) is 1. The number of hydrogen-bond acceptors (Lipinski definition) is 3. The van der Waals surface area contributed by atoms with Crippen LogP contribution < -0.4 is 4.74 Å². The molecule has 0 saturated heterocycles. The van der Waals surface area contributed by atoms with Crippen LogP contribution in [0.3, 0.4) is 0 Å². The molecule has 17 heavy (non-hydrogen) atoms. The number of carbonyl (C=O) groups is 1. The van der Waals surface area contributed by atoms with Gasteiger partial charge in [0.25, 0.3) is 0 Å². The summed E-state index contributed by atoms with van der Waals surface area (Å²) in [5.41, 5.74) is 0.473. The van der Waals surface area contributed by atoms with Crippen LogP contribution in [0.5, 0.6) is 5.75 Å². The minimum Gasteiger partial charge on any atom is -0.495 e. The molecule has 0 radical (unpaired) electrons. The van der Waals surface area contributed by atoms with Gasteiger partial charge in [-0.1, -0.05) is 26.2 Å². The van der Waals surface area contributed by atoms with Crippen LogP contribution in [0.4, 0.5) is 0 Å². The average molecular weight is 233 g/mol. The van der Waals surface area contributed by atoms with E-state index in [1.54, 1.807) is 25.6 Å². The number of nitrogens with zero attached hydrogens (tertiary/aromatic N) is 1. The van der Waals surface area contributed by atoms with Gasteiger partial charge in [-0.3, -0.25) is 9.78 Å². The highest BCUT2D eigenvalue weighted by Gasteiger charge is 2.35. The van der Waals surface area contributed by atoms with E-state index in [4.69, 9.17) is 4.74 Å². The lowest BCUT2D eigenvalue weighted by Crippen LogP contribution is -2.30. The zero-order valence-electron chi connectivity index (χ0n) is 10.5. The Morgan fingerprint density at radius 3 is 2.65 bits per heavy atom. The molecular weight excluding hydrogens is 214 g/mol. The highest BCUT2D eigenvalue weighted by atomic mass is 16.5. The third-order valence-electron chi connectivity index (χ3n) is 3.72. The lowest BCUT2D eigenvalue weighted by molar-refractivity contribution is 0.0749. The van der Waals surface area contributed by atoms with E-state index in [2.05, 4.69) is 11.9 Å². The predicted molar refractivity (Wildman–Crippen MR) is 66.3 cm³/mol. The van der Waals surface area contributed by atoms with Crippen LogP contribution in [-0.4, -0.2) is 17.9 Å². The first-order chi connectivity index (χ1) is 8.15. The predicted octanol–water partition coefficient (Wildman–Crippen LogP) is 3.24. The normalized spacial score (nSPS) is 18.7. The molecule has 0 N–H and O–H groups in total. The van der Waals surface area contributed by atoms with Crippen LogP contribution in [0.15, 0.2) is 18.5 Å². The summed E-state index contributed by atoms with van der Waals surface area (Å²) in [6.07, 6.45) is 8.80. The summed E-state index contributed by atoms with van der Waals surface area (Å²) in [5.74, 6) is 0.860. The number of aromatic nitrogens is 1. The summed E-state index contributed by atoms with van der Waals surface area (Å²) < 4.78 is 5.11. The van der Waals surface area contributed by atoms with E-state index in [-0.39, 0.29) is 11.2 Å². The number of hydrogen-bond donors (Lipinski definition) is 0. The molecule has 1 aromatic rings. The van der Waals surface area contributed by atoms with Crippen molar-refractivity contribution in [2.75, 3.05) is 7.11 Å². The second-order valence-corrected chi connectivity index (χ2v) is 5.06. The molecule has 0 atom stereocenters. The van der Waals surface area contributed by atoms with Gasteiger partial charge < -0.3 is 4.74 Å². The van der Waals surface area contributed by atoms with Gasteiger partial charge in [0.2, 0.25) is 0 Å². The van der Waals surface area contributed by atoms with E-state index in [9.17, 15) is 4.79 Å². The Morgan fingerprint density at radius 2 is 2.00 bits per heavy atom. The van der Waals surface area contributed by atoms with Crippen LogP contribution in [0, 0.1) is 5.41 Å². The van der Waals surface area contributed by atoms with E-state index < -0.39 is 0 Å². The lowest BCUT2D eigenvalue weighted by Gasteiger charge is -2.31. The zero-order chi connectivity index (χ0) is 12.3. The molecular formula is C14H19NO2. The number of ketones is 1. The molecule has 0 spiro atoms. The van der Waals surface area contributed by atoms with Gasteiger partial charge in [-0.2, -0.15) is 0 Å². The van der Waals surface area contributed by atoms with Crippen molar-refractivity contribution in [3.8, 4) is 5.75 Å². The van der Waals surface area contributed by atoms with Crippen LogP contribution in [0.2, 0.25) is 0 Å². The molecule has 92 valence electrons. The summed E-state index contributed by atoms with van der Waals surface area (Å²) in [4.78, 5) is 16.6. The molecule has 1 fully saturated rings. The first-order valence-corrected chi connectivity index (χ1v) is 6.19. The van der Waals surface area contributed by atoms with Gasteiger partial charge in [0.15, 0.2) is 5.78 Å². The van der Waals surface area contributed by atoms with Gasteiger partial charge in [-0.25, -0.2) is 0 Å². The van der Waals surface area contributed by atoms with Gasteiger partial charge in [-0.15, -0.1) is 0 Å². The maximum Gasteiger partial charge on any atom is 0.170 e. The van der Waals surface area contributed by atoms with Gasteiger partial charge in [0, 0.05) is 17.2 Å². The van der Waals surface area contributed by atoms with E-state index in [0.29, 0.717) is 11.3 Å². The fourth-order valence-electron chi connectivity index (χ4n) is 2.56. The van der Waals surface area contributed by atoms with Gasteiger partial charge in [-0.05, 0) is 18.9 Å². The van der Waals surface area contributed by atoms with Crippen molar-refractivity contribution >= 4 is 5.78 Å². The van der Waals surface area contributed by atoms with E-state index in [0.717, 1.165) is 25.7 Å². The second kappa shape index (κ2) is 4.86. The minimum atomic E-state index is -0.202. The SMILES string of the molecule is COc1cncc(C(=O)C2(C)CCCCC2)c1. The first kappa shape index (κ1) is 12.1. The highest BCUT2D eigenvalue weighted by Crippen LogP contribution is 2.38. The summed E-state index contributed by atoms with van der Waals surface area (Å²) in [7, 11) is 1.59. The second-order valence-electron chi connectivity index (χ2n) is 5.06. The van der Waals surface area contributed by atoms with Crippen molar-refractivity contribution in [1.82, 2.24) is 4.98 Å². The van der Waals surface area contributed by atoms with Gasteiger partial charge >= 0.3 is 0 Å². The molecule has 0 aliphatic heterocycles. The first-order valence-electron chi connectivity index (χ1n) is 6.19. The molecule has 3 heteroatoms. The van der Waals surface area contributed by atoms with Gasteiger partial charge in [0.1, 0.15) is 5.75 Å². The van der Waals surface area contributed by atoms with Crippen LogP contribution in [0.25, 0.3) is 0 Å². The fourth-order valence-corrected chi connectivity index (χ4v) is 2.56. The molecule has 2 rings (SSSR count). The zero-order valence-corrected chi connectivity index (χ0v) is 10.5. The largest absolute Gasteiger partial charge is 0.495 e. The number of pyridine rings is 1. The molecule has 0 bridgehead atoms. The topological polar surface area (TPSA) is 39.2 Å². The third kappa shape index (κ3) is 2.48. The van der Waals surface area contributed by atoms with Crippen molar-refractivity contribution in [1.29, 1.82) is 0 Å². The monoisotopic (exact) mass is 233 g/mol. The molecule has 0 aromatic carbocycles. The average Bonchev–Trinajstić information content (AvgIpc) is 2.39. The summed E-state index contributed by atoms with van der Waals surface area (Å²) >= 11 is 0. The molecule has 0 amide bonds. The number of methoxy groups -OCH3 is 1. The Bertz CT molecular complexity index is 408.